The Hall–Kier alpha value is -3.46. The smallest absolute Gasteiger partial charge is 0.338 e. The molecule has 3 aromatic carbocycles. The standard InChI is InChI=1S/C36H39Cl3N4O9/c1-21-26(42-43-41)28(47-20-24-15-9-5-10-16-24)30(45-3)33(48-21)51-29-27(46-19-23-13-7-4-8-14-23)22(2)49-34(52-35(40)36(37,38)39)31(29)50-32(44)25-17-11-6-12-18-25/h4-18,21-22,26-31,33-34,40H,19-20H2,1-3H3/t21-,22+,26-,27+,28+,29-,30-,31-,33+,34+/m1/s1. The van der Waals surface area contributed by atoms with Crippen molar-refractivity contribution in [2.24, 2.45) is 5.11 Å². The molecule has 13 nitrogen and oxygen atoms in total. The summed E-state index contributed by atoms with van der Waals surface area (Å²) in [5, 5.41) is 12.3. The summed E-state index contributed by atoms with van der Waals surface area (Å²) in [6.45, 7) is 3.73. The molecule has 278 valence electrons. The summed E-state index contributed by atoms with van der Waals surface area (Å²) in [5.74, 6) is -1.52. The van der Waals surface area contributed by atoms with Gasteiger partial charge in [-0.3, -0.25) is 5.41 Å². The fourth-order valence-electron chi connectivity index (χ4n) is 5.97. The fraction of sp³-hybridized carbons (Fsp3) is 0.444. The first-order valence-corrected chi connectivity index (χ1v) is 17.6. The van der Waals surface area contributed by atoms with E-state index < -0.39 is 77.0 Å². The minimum atomic E-state index is -2.26. The second kappa shape index (κ2) is 18.5. The number of hydrogen-bond donors (Lipinski definition) is 1. The Labute approximate surface area is 316 Å². The number of azide groups is 1. The zero-order valence-corrected chi connectivity index (χ0v) is 30.8. The van der Waals surface area contributed by atoms with E-state index in [-0.39, 0.29) is 18.8 Å². The van der Waals surface area contributed by atoms with Crippen LogP contribution >= 0.6 is 34.8 Å². The minimum Gasteiger partial charge on any atom is -0.449 e. The van der Waals surface area contributed by atoms with E-state index in [2.05, 4.69) is 10.0 Å². The lowest BCUT2D eigenvalue weighted by Crippen LogP contribution is -2.65. The number of ether oxygens (including phenoxy) is 8. The molecule has 0 amide bonds. The average molecular weight is 778 g/mol. The van der Waals surface area contributed by atoms with Gasteiger partial charge < -0.3 is 37.9 Å². The van der Waals surface area contributed by atoms with Gasteiger partial charge >= 0.3 is 5.97 Å². The van der Waals surface area contributed by atoms with E-state index >= 15 is 0 Å². The van der Waals surface area contributed by atoms with Gasteiger partial charge in [-0.2, -0.15) is 0 Å². The van der Waals surface area contributed by atoms with Crippen LogP contribution in [0.15, 0.2) is 96.1 Å². The van der Waals surface area contributed by atoms with Crippen LogP contribution in [-0.2, 0) is 51.1 Å². The molecule has 1 N–H and O–H groups in total. The zero-order chi connectivity index (χ0) is 37.3. The van der Waals surface area contributed by atoms with Crippen molar-refractivity contribution < 1.29 is 42.7 Å². The van der Waals surface area contributed by atoms with Crippen molar-refractivity contribution in [2.75, 3.05) is 7.11 Å². The van der Waals surface area contributed by atoms with E-state index in [1.807, 2.05) is 60.7 Å². The Balaban J connectivity index is 1.52. The third-order valence-corrected chi connectivity index (χ3v) is 9.06. The molecule has 10 atom stereocenters. The number of carbonyl (C=O) groups excluding carboxylic acids is 1. The van der Waals surface area contributed by atoms with Gasteiger partial charge in [0.15, 0.2) is 12.4 Å². The molecule has 2 fully saturated rings. The van der Waals surface area contributed by atoms with Crippen molar-refractivity contribution in [2.45, 2.75) is 92.2 Å². The zero-order valence-electron chi connectivity index (χ0n) is 28.5. The van der Waals surface area contributed by atoms with E-state index in [1.165, 1.54) is 7.11 Å². The number of halogens is 3. The van der Waals surface area contributed by atoms with Crippen LogP contribution in [0, 0.1) is 5.41 Å². The van der Waals surface area contributed by atoms with Crippen molar-refractivity contribution in [3.63, 3.8) is 0 Å². The molecule has 3 aromatic rings. The third-order valence-electron chi connectivity index (χ3n) is 8.55. The summed E-state index contributed by atoms with van der Waals surface area (Å²) < 4.78 is 47.5. The van der Waals surface area contributed by atoms with Gasteiger partial charge in [0.05, 0.1) is 37.0 Å². The van der Waals surface area contributed by atoms with E-state index in [1.54, 1.807) is 44.2 Å². The molecule has 0 aliphatic carbocycles. The summed E-state index contributed by atoms with van der Waals surface area (Å²) in [6.07, 6.45) is -9.57. The van der Waals surface area contributed by atoms with Crippen LogP contribution in [0.5, 0.6) is 0 Å². The highest BCUT2D eigenvalue weighted by molar-refractivity contribution is 6.76. The Bertz CT molecular complexity index is 1650. The molecular formula is C36H39Cl3N4O9. The second-order valence-corrected chi connectivity index (χ2v) is 14.4. The van der Waals surface area contributed by atoms with Gasteiger partial charge in [0, 0.05) is 12.0 Å². The van der Waals surface area contributed by atoms with Crippen molar-refractivity contribution in [1.29, 1.82) is 5.41 Å². The topological polar surface area (TPSA) is 164 Å². The van der Waals surface area contributed by atoms with Crippen LogP contribution in [-0.4, -0.2) is 84.1 Å². The van der Waals surface area contributed by atoms with Crippen molar-refractivity contribution in [3.8, 4) is 0 Å². The predicted molar refractivity (Wildman–Crippen MR) is 192 cm³/mol. The Morgan fingerprint density at radius 1 is 0.769 bits per heavy atom. The maximum absolute atomic E-state index is 13.6. The lowest BCUT2D eigenvalue weighted by atomic mass is 9.95. The molecule has 0 unspecified atom stereocenters. The van der Waals surface area contributed by atoms with E-state index in [4.69, 9.17) is 78.1 Å². The molecule has 52 heavy (non-hydrogen) atoms. The molecule has 2 aliphatic rings. The lowest BCUT2D eigenvalue weighted by Gasteiger charge is -2.48. The number of hydrogen-bond acceptors (Lipinski definition) is 11. The average Bonchev–Trinajstić information content (AvgIpc) is 3.13. The van der Waals surface area contributed by atoms with Crippen molar-refractivity contribution >= 4 is 46.7 Å². The highest BCUT2D eigenvalue weighted by Crippen LogP contribution is 2.37. The number of benzene rings is 3. The van der Waals surface area contributed by atoms with E-state index in [9.17, 15) is 10.3 Å². The number of nitrogens with zero attached hydrogens (tertiary/aromatic N) is 3. The molecule has 0 aromatic heterocycles. The first kappa shape index (κ1) is 39.7. The molecular weight excluding hydrogens is 739 g/mol. The number of rotatable bonds is 13. The van der Waals surface area contributed by atoms with E-state index in [0.29, 0.717) is 0 Å². The van der Waals surface area contributed by atoms with Crippen LogP contribution in [0.3, 0.4) is 0 Å². The maximum atomic E-state index is 13.6. The van der Waals surface area contributed by atoms with Crippen LogP contribution in [0.1, 0.15) is 35.3 Å². The van der Waals surface area contributed by atoms with Gasteiger partial charge in [0.1, 0.15) is 24.4 Å². The maximum Gasteiger partial charge on any atom is 0.338 e. The van der Waals surface area contributed by atoms with Crippen molar-refractivity contribution in [3.05, 3.63) is 118 Å². The van der Waals surface area contributed by atoms with Crippen LogP contribution in [0.2, 0.25) is 0 Å². The highest BCUT2D eigenvalue weighted by atomic mass is 35.6. The molecule has 5 rings (SSSR count). The molecule has 0 bridgehead atoms. The molecule has 16 heteroatoms. The fourth-order valence-corrected chi connectivity index (χ4v) is 6.10. The number of esters is 1. The SMILES string of the molecule is CO[C@H]1[C@H](O[C@@H]2[C@@H](OCc3ccccc3)[C@H](C)O[C@@H](OC(=N)C(Cl)(Cl)Cl)[C@@H]2OC(=O)c2ccccc2)O[C@H](C)[C@@H](N=[N+]=[N-])[C@@H]1OCc1ccccc1. The van der Waals surface area contributed by atoms with Gasteiger partial charge in [0.25, 0.3) is 3.79 Å². The largest absolute Gasteiger partial charge is 0.449 e. The van der Waals surface area contributed by atoms with Gasteiger partial charge in [-0.25, -0.2) is 4.79 Å². The predicted octanol–water partition coefficient (Wildman–Crippen LogP) is 7.32. The summed E-state index contributed by atoms with van der Waals surface area (Å²) in [6, 6.07) is 26.3. The number of methoxy groups -OCH3 is 1. The third kappa shape index (κ3) is 10.1. The molecule has 0 spiro atoms. The summed E-state index contributed by atoms with van der Waals surface area (Å²) in [5.41, 5.74) is 11.4. The van der Waals surface area contributed by atoms with Crippen LogP contribution in [0.25, 0.3) is 10.4 Å². The molecule has 2 heterocycles. The first-order valence-electron chi connectivity index (χ1n) is 16.4. The highest BCUT2D eigenvalue weighted by Gasteiger charge is 2.54. The Morgan fingerprint density at radius 2 is 1.31 bits per heavy atom. The van der Waals surface area contributed by atoms with Gasteiger partial charge in [-0.15, -0.1) is 0 Å². The number of carbonyl (C=O) groups is 1. The van der Waals surface area contributed by atoms with Crippen molar-refractivity contribution in [1.82, 2.24) is 0 Å². The molecule has 2 saturated heterocycles. The van der Waals surface area contributed by atoms with Gasteiger partial charge in [0.2, 0.25) is 12.2 Å². The number of nitrogens with one attached hydrogen (secondary N) is 1. The number of alkyl halides is 3. The van der Waals surface area contributed by atoms with Gasteiger partial charge in [-0.05, 0) is 42.6 Å². The Morgan fingerprint density at radius 3 is 1.85 bits per heavy atom. The quantitative estimate of drug-likeness (QED) is 0.0356. The minimum absolute atomic E-state index is 0.130. The van der Waals surface area contributed by atoms with Crippen LogP contribution < -0.4 is 0 Å². The monoisotopic (exact) mass is 776 g/mol. The lowest BCUT2D eigenvalue weighted by molar-refractivity contribution is -0.347. The summed E-state index contributed by atoms with van der Waals surface area (Å²) >= 11 is 18.0. The molecule has 0 saturated carbocycles. The van der Waals surface area contributed by atoms with E-state index in [0.717, 1.165) is 11.1 Å². The van der Waals surface area contributed by atoms with Gasteiger partial charge in [-0.1, -0.05) is 119 Å². The summed E-state index contributed by atoms with van der Waals surface area (Å²) in [4.78, 5) is 16.7. The first-order chi connectivity index (χ1) is 25.0. The molecule has 2 aliphatic heterocycles. The Kier molecular flexibility index (Phi) is 14.2. The molecule has 0 radical (unpaired) electrons. The summed E-state index contributed by atoms with van der Waals surface area (Å²) in [7, 11) is 1.45. The second-order valence-electron chi connectivity index (χ2n) is 12.1. The normalized spacial score (nSPS) is 29.0. The van der Waals surface area contributed by atoms with Crippen LogP contribution in [0.4, 0.5) is 0 Å².